The molecule has 1 saturated heterocycles. The lowest BCUT2D eigenvalue weighted by atomic mass is 9.98. The molecule has 1 aliphatic carbocycles. The van der Waals surface area contributed by atoms with E-state index in [0.717, 1.165) is 0 Å². The molecule has 1 aliphatic heterocycles. The lowest BCUT2D eigenvalue weighted by molar-refractivity contribution is 0.0728. The minimum absolute atomic E-state index is 0.00983. The molecule has 0 unspecified atom stereocenters. The number of carbonyl (C=O) groups is 1. The second kappa shape index (κ2) is 9.55. The summed E-state index contributed by atoms with van der Waals surface area (Å²) in [5, 5.41) is 0. The van der Waals surface area contributed by atoms with E-state index in [2.05, 4.69) is 29.2 Å². The number of amides is 1. The van der Waals surface area contributed by atoms with E-state index in [1.54, 1.807) is 11.0 Å². The zero-order valence-electron chi connectivity index (χ0n) is 20.0. The number of hydrogen-bond donors (Lipinski definition) is 1. The number of rotatable bonds is 5. The van der Waals surface area contributed by atoms with Gasteiger partial charge >= 0.3 is 16.3 Å². The highest BCUT2D eigenvalue weighted by Crippen LogP contribution is 2.44. The molecule has 1 heterocycles. The lowest BCUT2D eigenvalue weighted by Gasteiger charge is -2.34. The largest absolute Gasteiger partial charge is 0.448 e. The van der Waals surface area contributed by atoms with Gasteiger partial charge in [0.2, 0.25) is 0 Å². The maximum atomic E-state index is 13.7. The van der Waals surface area contributed by atoms with Crippen molar-refractivity contribution in [1.82, 2.24) is 9.80 Å². The molecule has 5 rings (SSSR count). The second-order valence-corrected chi connectivity index (χ2v) is 10.6. The Kier molecular flexibility index (Phi) is 6.44. The Bertz CT molecular complexity index is 1370. The molecule has 3 aromatic carbocycles. The van der Waals surface area contributed by atoms with Crippen LogP contribution in [0.15, 0.2) is 65.6 Å². The summed E-state index contributed by atoms with van der Waals surface area (Å²) in [5.41, 5.74) is 11.7. The SMILES string of the molecule is Cc1c(N)cc(CN2CCN(C(=O)OCC3c4ccccc4-c4ccccc43)CC2)cc1S(=O)(=O)F. The summed E-state index contributed by atoms with van der Waals surface area (Å²) < 4.78 is 42.3. The standard InChI is InChI=1S/C27H28FN3O4S/c1-18-25(29)14-19(15-26(18)36(28,33)34)16-30-10-12-31(13-11-30)27(32)35-17-24-22-8-4-2-6-20(22)21-7-3-5-9-23(21)24/h2-9,14-15,24H,10-13,16-17,29H2,1H3. The second-order valence-electron chi connectivity index (χ2n) is 9.31. The van der Waals surface area contributed by atoms with Gasteiger partial charge in [0.05, 0.1) is 0 Å². The highest BCUT2D eigenvalue weighted by molar-refractivity contribution is 7.86. The molecule has 1 amide bonds. The molecule has 0 aromatic heterocycles. The fourth-order valence-electron chi connectivity index (χ4n) is 5.15. The van der Waals surface area contributed by atoms with Crippen molar-refractivity contribution in [3.8, 4) is 11.1 Å². The van der Waals surface area contributed by atoms with Gasteiger partial charge in [-0.1, -0.05) is 48.5 Å². The highest BCUT2D eigenvalue weighted by atomic mass is 32.3. The molecule has 0 radical (unpaired) electrons. The average molecular weight is 510 g/mol. The van der Waals surface area contributed by atoms with Crippen LogP contribution in [0.3, 0.4) is 0 Å². The Morgan fingerprint density at radius 3 is 2.17 bits per heavy atom. The first-order chi connectivity index (χ1) is 17.2. The van der Waals surface area contributed by atoms with Crippen molar-refractivity contribution in [3.63, 3.8) is 0 Å². The zero-order chi connectivity index (χ0) is 25.4. The van der Waals surface area contributed by atoms with E-state index in [1.807, 2.05) is 24.3 Å². The number of fused-ring (bicyclic) bond motifs is 3. The van der Waals surface area contributed by atoms with Gasteiger partial charge in [0.25, 0.3) is 0 Å². The van der Waals surface area contributed by atoms with Crippen LogP contribution in [-0.4, -0.2) is 57.1 Å². The van der Waals surface area contributed by atoms with Gasteiger partial charge in [-0.25, -0.2) is 4.79 Å². The molecule has 2 N–H and O–H groups in total. The molecular weight excluding hydrogens is 481 g/mol. The minimum Gasteiger partial charge on any atom is -0.448 e. The zero-order valence-corrected chi connectivity index (χ0v) is 20.8. The molecule has 0 saturated carbocycles. The van der Waals surface area contributed by atoms with Crippen LogP contribution in [0, 0.1) is 6.92 Å². The summed E-state index contributed by atoms with van der Waals surface area (Å²) in [5.74, 6) is 0.00983. The first-order valence-electron chi connectivity index (χ1n) is 11.9. The van der Waals surface area contributed by atoms with Crippen LogP contribution in [0.5, 0.6) is 0 Å². The number of piperazine rings is 1. The molecule has 188 valence electrons. The maximum Gasteiger partial charge on any atom is 0.409 e. The predicted molar refractivity (Wildman–Crippen MR) is 136 cm³/mol. The molecule has 2 aliphatic rings. The van der Waals surface area contributed by atoms with E-state index in [0.29, 0.717) is 38.3 Å². The van der Waals surface area contributed by atoms with Crippen LogP contribution in [0.2, 0.25) is 0 Å². The number of ether oxygens (including phenoxy) is 1. The number of carbonyl (C=O) groups excluding carboxylic acids is 1. The van der Waals surface area contributed by atoms with Crippen molar-refractivity contribution in [2.45, 2.75) is 24.3 Å². The summed E-state index contributed by atoms with van der Waals surface area (Å²) in [6.45, 7) is 4.28. The molecular formula is C27H28FN3O4S. The Morgan fingerprint density at radius 2 is 1.58 bits per heavy atom. The van der Waals surface area contributed by atoms with Gasteiger partial charge in [-0.3, -0.25) is 4.90 Å². The van der Waals surface area contributed by atoms with Crippen molar-refractivity contribution < 1.29 is 21.8 Å². The maximum absolute atomic E-state index is 13.7. The molecule has 7 nitrogen and oxygen atoms in total. The number of nitrogens with two attached hydrogens (primary N) is 1. The monoisotopic (exact) mass is 509 g/mol. The van der Waals surface area contributed by atoms with Crippen molar-refractivity contribution in [2.75, 3.05) is 38.5 Å². The van der Waals surface area contributed by atoms with Gasteiger partial charge in [0, 0.05) is 44.3 Å². The summed E-state index contributed by atoms with van der Waals surface area (Å²) in [6, 6.07) is 19.4. The molecule has 36 heavy (non-hydrogen) atoms. The van der Waals surface area contributed by atoms with E-state index in [1.165, 1.54) is 35.2 Å². The number of benzene rings is 3. The topological polar surface area (TPSA) is 92.9 Å². The minimum atomic E-state index is -4.86. The van der Waals surface area contributed by atoms with Crippen LogP contribution in [0.25, 0.3) is 11.1 Å². The van der Waals surface area contributed by atoms with E-state index in [-0.39, 0.29) is 29.9 Å². The van der Waals surface area contributed by atoms with Gasteiger partial charge in [0.15, 0.2) is 0 Å². The first-order valence-corrected chi connectivity index (χ1v) is 13.3. The highest BCUT2D eigenvalue weighted by Gasteiger charge is 2.30. The van der Waals surface area contributed by atoms with Crippen molar-refractivity contribution >= 4 is 22.0 Å². The lowest BCUT2D eigenvalue weighted by Crippen LogP contribution is -2.48. The normalized spacial score (nSPS) is 16.0. The third-order valence-corrected chi connectivity index (χ3v) is 8.04. The summed E-state index contributed by atoms with van der Waals surface area (Å²) in [7, 11) is -4.86. The smallest absolute Gasteiger partial charge is 0.409 e. The van der Waals surface area contributed by atoms with Crippen LogP contribution >= 0.6 is 0 Å². The van der Waals surface area contributed by atoms with Crippen LogP contribution in [-0.2, 0) is 21.5 Å². The molecule has 0 bridgehead atoms. The molecule has 0 atom stereocenters. The number of hydrogen-bond acceptors (Lipinski definition) is 6. The van der Waals surface area contributed by atoms with E-state index in [9.17, 15) is 17.1 Å². The average Bonchev–Trinajstić information content (AvgIpc) is 3.18. The third kappa shape index (κ3) is 4.68. The van der Waals surface area contributed by atoms with E-state index < -0.39 is 15.1 Å². The fourth-order valence-corrected chi connectivity index (χ4v) is 5.92. The number of nitrogens with zero attached hydrogens (tertiary/aromatic N) is 2. The summed E-state index contributed by atoms with van der Waals surface area (Å²) >= 11 is 0. The Hall–Kier alpha value is -3.43. The number of nitrogen functional groups attached to an aromatic ring is 1. The van der Waals surface area contributed by atoms with Crippen molar-refractivity contribution in [3.05, 3.63) is 82.9 Å². The quantitative estimate of drug-likeness (QED) is 0.407. The first kappa shape index (κ1) is 24.3. The van der Waals surface area contributed by atoms with Gasteiger partial charge in [0.1, 0.15) is 11.5 Å². The summed E-state index contributed by atoms with van der Waals surface area (Å²) in [4.78, 5) is 16.2. The van der Waals surface area contributed by atoms with E-state index in [4.69, 9.17) is 10.5 Å². The van der Waals surface area contributed by atoms with Crippen LogP contribution < -0.4 is 5.73 Å². The molecule has 9 heteroatoms. The van der Waals surface area contributed by atoms with Crippen molar-refractivity contribution in [1.29, 1.82) is 0 Å². The fraction of sp³-hybridized carbons (Fsp3) is 0.296. The summed E-state index contributed by atoms with van der Waals surface area (Å²) in [6.07, 6.45) is -0.345. The van der Waals surface area contributed by atoms with Crippen LogP contribution in [0.1, 0.15) is 28.2 Å². The molecule has 1 fully saturated rings. The van der Waals surface area contributed by atoms with Gasteiger partial charge in [-0.15, -0.1) is 3.89 Å². The van der Waals surface area contributed by atoms with E-state index >= 15 is 0 Å². The Morgan fingerprint density at radius 1 is 1.00 bits per heavy atom. The van der Waals surface area contributed by atoms with Crippen LogP contribution in [0.4, 0.5) is 14.4 Å². The predicted octanol–water partition coefficient (Wildman–Crippen LogP) is 4.30. The molecule has 0 spiro atoms. The van der Waals surface area contributed by atoms with Gasteiger partial charge < -0.3 is 15.4 Å². The van der Waals surface area contributed by atoms with Gasteiger partial charge in [-0.2, -0.15) is 8.42 Å². The van der Waals surface area contributed by atoms with Gasteiger partial charge in [-0.05, 0) is 52.4 Å². The van der Waals surface area contributed by atoms with Crippen molar-refractivity contribution in [2.24, 2.45) is 0 Å². The Labute approximate surface area is 210 Å². The number of anilines is 1. The molecule has 3 aromatic rings. The third-order valence-electron chi connectivity index (χ3n) is 7.10. The Balaban J connectivity index is 1.19. The number of halogens is 1.